The van der Waals surface area contributed by atoms with E-state index in [4.69, 9.17) is 0 Å². The predicted molar refractivity (Wildman–Crippen MR) is 78.3 cm³/mol. The number of fused-ring (bicyclic) bond motifs is 2. The van der Waals surface area contributed by atoms with Crippen LogP contribution < -0.4 is 5.32 Å². The molecule has 3 nitrogen and oxygen atoms in total. The molecule has 1 amide bonds. The zero-order valence-corrected chi connectivity index (χ0v) is 12.4. The molecule has 0 spiro atoms. The number of amides is 1. The summed E-state index contributed by atoms with van der Waals surface area (Å²) in [7, 11) is 0. The Labute approximate surface area is 120 Å². The van der Waals surface area contributed by atoms with Crippen molar-refractivity contribution in [1.82, 2.24) is 5.32 Å². The normalized spacial score (nSPS) is 37.9. The number of carbonyl (C=O) groups excluding carboxylic acids is 1. The third-order valence-corrected chi connectivity index (χ3v) is 6.10. The summed E-state index contributed by atoms with van der Waals surface area (Å²) in [6, 6.07) is 9.50. The summed E-state index contributed by atoms with van der Waals surface area (Å²) in [5.41, 5.74) is 0.750. The van der Waals surface area contributed by atoms with Gasteiger partial charge >= 0.3 is 0 Å². The molecule has 0 saturated heterocycles. The predicted octanol–water partition coefficient (Wildman–Crippen LogP) is 2.60. The second kappa shape index (κ2) is 4.32. The van der Waals surface area contributed by atoms with Gasteiger partial charge in [0.25, 0.3) is 5.91 Å². The van der Waals surface area contributed by atoms with Crippen LogP contribution in [0.3, 0.4) is 0 Å². The molecular weight excluding hydrogens is 250 g/mol. The Hall–Kier alpha value is -1.35. The monoisotopic (exact) mass is 273 g/mol. The zero-order chi connectivity index (χ0) is 14.5. The smallest absolute Gasteiger partial charge is 0.251 e. The lowest BCUT2D eigenvalue weighted by atomic mass is 9.69. The van der Waals surface area contributed by atoms with Crippen LogP contribution in [-0.4, -0.2) is 23.2 Å². The number of hydrogen-bond acceptors (Lipinski definition) is 2. The van der Waals surface area contributed by atoms with Gasteiger partial charge in [-0.25, -0.2) is 0 Å². The summed E-state index contributed by atoms with van der Waals surface area (Å²) in [6.45, 7) is 6.66. The maximum Gasteiger partial charge on any atom is 0.251 e. The molecule has 4 atom stereocenters. The van der Waals surface area contributed by atoms with Crippen molar-refractivity contribution in [2.24, 2.45) is 16.7 Å². The molecule has 0 unspecified atom stereocenters. The van der Waals surface area contributed by atoms with Crippen LogP contribution >= 0.6 is 0 Å². The van der Waals surface area contributed by atoms with Crippen LogP contribution in [0.1, 0.15) is 44.0 Å². The Bertz CT molecular complexity index is 525. The minimum Gasteiger partial charge on any atom is -0.393 e. The fourth-order valence-corrected chi connectivity index (χ4v) is 4.35. The number of aliphatic hydroxyl groups is 1. The molecular formula is C17H23NO2. The molecule has 0 aromatic heterocycles. The summed E-state index contributed by atoms with van der Waals surface area (Å²) in [6.07, 6.45) is 1.44. The maximum atomic E-state index is 12.3. The molecule has 2 fully saturated rings. The number of nitrogens with one attached hydrogen (secondary N) is 1. The number of benzene rings is 1. The third-order valence-electron chi connectivity index (χ3n) is 6.10. The van der Waals surface area contributed by atoms with Gasteiger partial charge in [0, 0.05) is 11.6 Å². The highest BCUT2D eigenvalue weighted by Gasteiger charge is 2.65. The molecule has 0 aliphatic heterocycles. The van der Waals surface area contributed by atoms with Gasteiger partial charge in [-0.3, -0.25) is 4.79 Å². The highest BCUT2D eigenvalue weighted by Crippen LogP contribution is 2.65. The van der Waals surface area contributed by atoms with Gasteiger partial charge in [-0.1, -0.05) is 39.0 Å². The quantitative estimate of drug-likeness (QED) is 0.870. The van der Waals surface area contributed by atoms with E-state index in [1.165, 1.54) is 0 Å². The highest BCUT2D eigenvalue weighted by molar-refractivity contribution is 5.94. The van der Waals surface area contributed by atoms with Gasteiger partial charge in [-0.15, -0.1) is 0 Å². The average Bonchev–Trinajstić information content (AvgIpc) is 2.70. The molecule has 2 N–H and O–H groups in total. The third kappa shape index (κ3) is 1.72. The molecule has 20 heavy (non-hydrogen) atoms. The molecule has 1 aromatic rings. The van der Waals surface area contributed by atoms with Crippen LogP contribution in [-0.2, 0) is 0 Å². The van der Waals surface area contributed by atoms with Crippen LogP contribution in [0.2, 0.25) is 0 Å². The second-order valence-electron chi connectivity index (χ2n) is 7.14. The fourth-order valence-electron chi connectivity index (χ4n) is 4.35. The van der Waals surface area contributed by atoms with Crippen LogP contribution in [0.25, 0.3) is 0 Å². The first-order valence-corrected chi connectivity index (χ1v) is 7.40. The van der Waals surface area contributed by atoms with Crippen LogP contribution in [0, 0.1) is 16.7 Å². The molecule has 1 aromatic carbocycles. The van der Waals surface area contributed by atoms with Gasteiger partial charge in [0.2, 0.25) is 0 Å². The van der Waals surface area contributed by atoms with Crippen molar-refractivity contribution in [3.8, 4) is 0 Å². The van der Waals surface area contributed by atoms with Crippen molar-refractivity contribution in [1.29, 1.82) is 0 Å². The molecule has 0 radical (unpaired) electrons. The van der Waals surface area contributed by atoms with Gasteiger partial charge < -0.3 is 10.4 Å². The standard InChI is InChI=1S/C17H23NO2/c1-16(2)12-9-14(17(16,3)10-13(12)19)18-15(20)11-7-5-4-6-8-11/h4-8,12-14,19H,9-10H2,1-3H3,(H,18,20)/t12-,13+,14+,17-/m0/s1. The van der Waals surface area contributed by atoms with Crippen molar-refractivity contribution in [2.75, 3.05) is 0 Å². The summed E-state index contributed by atoms with van der Waals surface area (Å²) in [4.78, 5) is 12.3. The molecule has 3 heteroatoms. The minimum absolute atomic E-state index is 0.00494. The highest BCUT2D eigenvalue weighted by atomic mass is 16.3. The molecule has 0 heterocycles. The lowest BCUT2D eigenvalue weighted by Crippen LogP contribution is -2.47. The molecule has 3 rings (SSSR count). The Morgan fingerprint density at radius 1 is 1.25 bits per heavy atom. The maximum absolute atomic E-state index is 12.3. The van der Waals surface area contributed by atoms with E-state index in [1.54, 1.807) is 0 Å². The van der Waals surface area contributed by atoms with E-state index in [-0.39, 0.29) is 34.8 Å². The van der Waals surface area contributed by atoms with Gasteiger partial charge in [0.1, 0.15) is 0 Å². The number of rotatable bonds is 2. The minimum atomic E-state index is -0.222. The second-order valence-corrected chi connectivity index (χ2v) is 7.14. The van der Waals surface area contributed by atoms with Crippen molar-refractivity contribution in [3.63, 3.8) is 0 Å². The SMILES string of the molecule is CC1(C)[C@H]2C[C@@H](NC(=O)c3ccccc3)[C@]1(C)C[C@H]2O. The summed E-state index contributed by atoms with van der Waals surface area (Å²) < 4.78 is 0. The topological polar surface area (TPSA) is 49.3 Å². The van der Waals surface area contributed by atoms with E-state index in [0.717, 1.165) is 12.8 Å². The molecule has 108 valence electrons. The summed E-state index contributed by atoms with van der Waals surface area (Å²) in [5.74, 6) is 0.281. The first kappa shape index (κ1) is 13.6. The van der Waals surface area contributed by atoms with Crippen LogP contribution in [0.15, 0.2) is 30.3 Å². The molecule has 2 aliphatic rings. The van der Waals surface area contributed by atoms with E-state index in [9.17, 15) is 9.90 Å². The average molecular weight is 273 g/mol. The van der Waals surface area contributed by atoms with E-state index >= 15 is 0 Å². The Morgan fingerprint density at radius 3 is 2.40 bits per heavy atom. The number of hydrogen-bond donors (Lipinski definition) is 2. The number of carbonyl (C=O) groups is 1. The summed E-state index contributed by atoms with van der Waals surface area (Å²) in [5, 5.41) is 13.4. The molecule has 2 saturated carbocycles. The van der Waals surface area contributed by atoms with Gasteiger partial charge in [0.15, 0.2) is 0 Å². The van der Waals surface area contributed by atoms with Gasteiger partial charge in [-0.05, 0) is 41.7 Å². The fraction of sp³-hybridized carbons (Fsp3) is 0.588. The Morgan fingerprint density at radius 2 is 1.90 bits per heavy atom. The lowest BCUT2D eigenvalue weighted by molar-refractivity contribution is 0.0702. The van der Waals surface area contributed by atoms with Gasteiger partial charge in [-0.2, -0.15) is 0 Å². The molecule has 2 aliphatic carbocycles. The van der Waals surface area contributed by atoms with Crippen molar-refractivity contribution >= 4 is 5.91 Å². The van der Waals surface area contributed by atoms with E-state index in [0.29, 0.717) is 5.56 Å². The van der Waals surface area contributed by atoms with Crippen LogP contribution in [0.5, 0.6) is 0 Å². The zero-order valence-electron chi connectivity index (χ0n) is 12.4. The first-order valence-electron chi connectivity index (χ1n) is 7.40. The van der Waals surface area contributed by atoms with Crippen LogP contribution in [0.4, 0.5) is 0 Å². The van der Waals surface area contributed by atoms with E-state index in [2.05, 4.69) is 26.1 Å². The first-order chi connectivity index (χ1) is 9.36. The Balaban J connectivity index is 1.79. The van der Waals surface area contributed by atoms with Crippen molar-refractivity contribution in [3.05, 3.63) is 35.9 Å². The van der Waals surface area contributed by atoms with Crippen molar-refractivity contribution in [2.45, 2.75) is 45.8 Å². The van der Waals surface area contributed by atoms with E-state index < -0.39 is 0 Å². The Kier molecular flexibility index (Phi) is 2.94. The summed E-state index contributed by atoms with van der Waals surface area (Å²) >= 11 is 0. The largest absolute Gasteiger partial charge is 0.393 e. The van der Waals surface area contributed by atoms with Gasteiger partial charge in [0.05, 0.1) is 6.10 Å². The molecule has 2 bridgehead atoms. The number of aliphatic hydroxyl groups excluding tert-OH is 1. The lowest BCUT2D eigenvalue weighted by Gasteiger charge is -2.39. The van der Waals surface area contributed by atoms with Crippen molar-refractivity contribution < 1.29 is 9.90 Å². The van der Waals surface area contributed by atoms with E-state index in [1.807, 2.05) is 30.3 Å².